The van der Waals surface area contributed by atoms with E-state index in [9.17, 15) is 14.4 Å². The minimum absolute atomic E-state index is 0.152. The topological polar surface area (TPSA) is 75.7 Å². The van der Waals surface area contributed by atoms with Crippen LogP contribution < -0.4 is 10.1 Å². The summed E-state index contributed by atoms with van der Waals surface area (Å²) in [6.07, 6.45) is 0. The number of nitrogens with zero attached hydrogens (tertiary/aromatic N) is 1. The standard InChI is InChI=1S/C23H18N2O4S/c26-21-15-30-23(28)25(21)14-16-7-6-8-17(13-16)22(27)24-19-11-4-5-12-20(19)29-18-9-2-1-3-10-18/h1-13H,14-15H2,(H,24,27). The number of ether oxygens (including phenoxy) is 1. The number of carbonyl (C=O) groups is 3. The highest BCUT2D eigenvalue weighted by molar-refractivity contribution is 8.14. The van der Waals surface area contributed by atoms with Gasteiger partial charge in [0.05, 0.1) is 18.0 Å². The zero-order valence-corrected chi connectivity index (χ0v) is 16.7. The number of para-hydroxylation sites is 3. The Bertz CT molecular complexity index is 1090. The molecule has 3 aromatic carbocycles. The number of hydrogen-bond donors (Lipinski definition) is 1. The second kappa shape index (κ2) is 8.84. The van der Waals surface area contributed by atoms with Crippen LogP contribution in [-0.4, -0.2) is 27.7 Å². The maximum atomic E-state index is 12.8. The van der Waals surface area contributed by atoms with Crippen molar-refractivity contribution in [3.63, 3.8) is 0 Å². The predicted molar refractivity (Wildman–Crippen MR) is 116 cm³/mol. The van der Waals surface area contributed by atoms with E-state index in [1.54, 1.807) is 36.4 Å². The van der Waals surface area contributed by atoms with E-state index in [1.165, 1.54) is 4.90 Å². The number of amides is 3. The molecule has 1 saturated heterocycles. The minimum atomic E-state index is -0.311. The first-order chi connectivity index (χ1) is 14.6. The lowest BCUT2D eigenvalue weighted by Crippen LogP contribution is -2.28. The van der Waals surface area contributed by atoms with Gasteiger partial charge in [0.1, 0.15) is 5.75 Å². The first kappa shape index (κ1) is 19.7. The van der Waals surface area contributed by atoms with E-state index < -0.39 is 0 Å². The molecule has 0 unspecified atom stereocenters. The fourth-order valence-corrected chi connectivity index (χ4v) is 3.72. The van der Waals surface area contributed by atoms with Gasteiger partial charge in [-0.05, 0) is 42.0 Å². The van der Waals surface area contributed by atoms with E-state index in [4.69, 9.17) is 4.74 Å². The Kier molecular flexibility index (Phi) is 5.81. The van der Waals surface area contributed by atoms with Crippen molar-refractivity contribution in [2.75, 3.05) is 11.1 Å². The Labute approximate surface area is 177 Å². The van der Waals surface area contributed by atoms with Crippen molar-refractivity contribution in [1.29, 1.82) is 0 Å². The highest BCUT2D eigenvalue weighted by atomic mass is 32.2. The van der Waals surface area contributed by atoms with Gasteiger partial charge in [-0.15, -0.1) is 0 Å². The van der Waals surface area contributed by atoms with Crippen molar-refractivity contribution in [1.82, 2.24) is 4.90 Å². The molecule has 150 valence electrons. The van der Waals surface area contributed by atoms with Gasteiger partial charge < -0.3 is 10.1 Å². The van der Waals surface area contributed by atoms with E-state index in [2.05, 4.69) is 5.32 Å². The minimum Gasteiger partial charge on any atom is -0.455 e. The van der Waals surface area contributed by atoms with E-state index in [1.807, 2.05) is 42.5 Å². The second-order valence-corrected chi connectivity index (χ2v) is 7.53. The molecular weight excluding hydrogens is 400 g/mol. The van der Waals surface area contributed by atoms with Crippen LogP contribution in [0, 0.1) is 0 Å². The molecule has 1 heterocycles. The van der Waals surface area contributed by atoms with Crippen molar-refractivity contribution in [2.45, 2.75) is 6.54 Å². The molecule has 1 aliphatic rings. The largest absolute Gasteiger partial charge is 0.455 e. The van der Waals surface area contributed by atoms with Gasteiger partial charge >= 0.3 is 0 Å². The second-order valence-electron chi connectivity index (χ2n) is 6.60. The number of benzene rings is 3. The van der Waals surface area contributed by atoms with Gasteiger partial charge in [0.2, 0.25) is 5.91 Å². The van der Waals surface area contributed by atoms with Crippen LogP contribution in [0.1, 0.15) is 15.9 Å². The normalized spacial score (nSPS) is 13.4. The van der Waals surface area contributed by atoms with Gasteiger partial charge in [0.15, 0.2) is 5.75 Å². The van der Waals surface area contributed by atoms with Gasteiger partial charge in [-0.3, -0.25) is 19.3 Å². The lowest BCUT2D eigenvalue weighted by molar-refractivity contribution is -0.125. The van der Waals surface area contributed by atoms with Crippen LogP contribution in [0.3, 0.4) is 0 Å². The molecule has 1 N–H and O–H groups in total. The molecule has 6 nitrogen and oxygen atoms in total. The Hall–Kier alpha value is -3.58. The van der Waals surface area contributed by atoms with E-state index in [-0.39, 0.29) is 29.4 Å². The lowest BCUT2D eigenvalue weighted by Gasteiger charge is -2.14. The van der Waals surface area contributed by atoms with E-state index in [0.29, 0.717) is 28.3 Å². The smallest absolute Gasteiger partial charge is 0.289 e. The molecule has 30 heavy (non-hydrogen) atoms. The summed E-state index contributed by atoms with van der Waals surface area (Å²) in [4.78, 5) is 37.7. The molecule has 0 spiro atoms. The Morgan fingerprint density at radius 3 is 2.50 bits per heavy atom. The fourth-order valence-electron chi connectivity index (χ4n) is 3.00. The highest BCUT2D eigenvalue weighted by Crippen LogP contribution is 2.29. The first-order valence-corrected chi connectivity index (χ1v) is 10.3. The van der Waals surface area contributed by atoms with Crippen molar-refractivity contribution >= 4 is 34.5 Å². The molecular formula is C23H18N2O4S. The number of carbonyl (C=O) groups excluding carboxylic acids is 3. The van der Waals surface area contributed by atoms with Crippen LogP contribution >= 0.6 is 11.8 Å². The van der Waals surface area contributed by atoms with Crippen molar-refractivity contribution in [2.24, 2.45) is 0 Å². The number of thioether (sulfide) groups is 1. The summed E-state index contributed by atoms with van der Waals surface area (Å²) < 4.78 is 5.88. The third-order valence-electron chi connectivity index (χ3n) is 4.48. The first-order valence-electron chi connectivity index (χ1n) is 9.29. The van der Waals surface area contributed by atoms with Crippen LogP contribution in [0.25, 0.3) is 0 Å². The molecule has 3 aromatic rings. The van der Waals surface area contributed by atoms with Crippen LogP contribution in [0.2, 0.25) is 0 Å². The van der Waals surface area contributed by atoms with Crippen LogP contribution in [0.15, 0.2) is 78.9 Å². The molecule has 3 amide bonds. The van der Waals surface area contributed by atoms with Crippen LogP contribution in [0.5, 0.6) is 11.5 Å². The molecule has 0 aliphatic carbocycles. The van der Waals surface area contributed by atoms with E-state index in [0.717, 1.165) is 11.8 Å². The summed E-state index contributed by atoms with van der Waals surface area (Å²) in [5.74, 6) is 0.829. The number of hydrogen-bond acceptors (Lipinski definition) is 5. The Morgan fingerprint density at radius 2 is 1.73 bits per heavy atom. The molecule has 1 fully saturated rings. The van der Waals surface area contributed by atoms with Gasteiger partial charge in [0.25, 0.3) is 11.1 Å². The van der Waals surface area contributed by atoms with E-state index >= 15 is 0 Å². The molecule has 0 bridgehead atoms. The molecule has 0 saturated carbocycles. The number of rotatable bonds is 6. The lowest BCUT2D eigenvalue weighted by atomic mass is 10.1. The predicted octanol–water partition coefficient (Wildman–Crippen LogP) is 4.93. The number of imide groups is 1. The van der Waals surface area contributed by atoms with Crippen molar-refractivity contribution in [3.8, 4) is 11.5 Å². The zero-order chi connectivity index (χ0) is 20.9. The highest BCUT2D eigenvalue weighted by Gasteiger charge is 2.29. The summed E-state index contributed by atoms with van der Waals surface area (Å²) in [6.45, 7) is 0.152. The molecule has 0 atom stereocenters. The zero-order valence-electron chi connectivity index (χ0n) is 15.9. The van der Waals surface area contributed by atoms with Crippen molar-refractivity contribution < 1.29 is 19.1 Å². The van der Waals surface area contributed by atoms with Gasteiger partial charge in [-0.1, -0.05) is 54.2 Å². The van der Waals surface area contributed by atoms with Crippen LogP contribution in [0.4, 0.5) is 10.5 Å². The average Bonchev–Trinajstić information content (AvgIpc) is 3.08. The summed E-state index contributed by atoms with van der Waals surface area (Å²) in [5.41, 5.74) is 1.67. The Morgan fingerprint density at radius 1 is 0.967 bits per heavy atom. The molecule has 1 aliphatic heterocycles. The van der Waals surface area contributed by atoms with Crippen molar-refractivity contribution in [3.05, 3.63) is 90.0 Å². The fraction of sp³-hybridized carbons (Fsp3) is 0.0870. The third kappa shape index (κ3) is 4.52. The SMILES string of the molecule is O=C(Nc1ccccc1Oc1ccccc1)c1cccc(CN2C(=O)CSC2=O)c1. The number of nitrogens with one attached hydrogen (secondary N) is 1. The van der Waals surface area contributed by atoms with Gasteiger partial charge in [-0.2, -0.15) is 0 Å². The summed E-state index contributed by atoms with van der Waals surface area (Å²) >= 11 is 0.992. The maximum Gasteiger partial charge on any atom is 0.289 e. The molecule has 0 radical (unpaired) electrons. The quantitative estimate of drug-likeness (QED) is 0.615. The molecule has 4 rings (SSSR count). The summed E-state index contributed by atoms with van der Waals surface area (Å²) in [6, 6.07) is 23.4. The number of anilines is 1. The molecule has 0 aromatic heterocycles. The Balaban J connectivity index is 1.50. The summed E-state index contributed by atoms with van der Waals surface area (Å²) in [7, 11) is 0. The third-order valence-corrected chi connectivity index (χ3v) is 5.34. The van der Waals surface area contributed by atoms with Crippen LogP contribution in [-0.2, 0) is 11.3 Å². The molecule has 7 heteroatoms. The van der Waals surface area contributed by atoms with Gasteiger partial charge in [-0.25, -0.2) is 0 Å². The average molecular weight is 418 g/mol. The van der Waals surface area contributed by atoms with Gasteiger partial charge in [0, 0.05) is 5.56 Å². The summed E-state index contributed by atoms with van der Waals surface area (Å²) in [5, 5.41) is 2.61. The maximum absolute atomic E-state index is 12.8. The monoisotopic (exact) mass is 418 g/mol.